The molecular weight excluding hydrogens is 208 g/mol. The number of hydrogen-bond donors (Lipinski definition) is 1. The van der Waals surface area contributed by atoms with Crippen LogP contribution in [0.1, 0.15) is 10.4 Å². The first-order valence-electron chi connectivity index (χ1n) is 5.45. The maximum absolute atomic E-state index is 5.53. The van der Waals surface area contributed by atoms with E-state index in [1.54, 1.807) is 0 Å². The van der Waals surface area contributed by atoms with Gasteiger partial charge in [-0.25, -0.2) is 0 Å². The van der Waals surface area contributed by atoms with Crippen molar-refractivity contribution < 1.29 is 4.74 Å². The predicted octanol–water partition coefficient (Wildman–Crippen LogP) is 1.08. The molecule has 4 heteroatoms. The van der Waals surface area contributed by atoms with Gasteiger partial charge in [0, 0.05) is 24.5 Å². The third-order valence-electron chi connectivity index (χ3n) is 2.62. The summed E-state index contributed by atoms with van der Waals surface area (Å²) in [4.78, 5) is 3.89. The van der Waals surface area contributed by atoms with Crippen LogP contribution in [-0.4, -0.2) is 37.7 Å². The molecule has 1 aliphatic rings. The fourth-order valence-corrected chi connectivity index (χ4v) is 2.75. The molecular formula is C11H18N2OS. The zero-order valence-corrected chi connectivity index (χ0v) is 9.76. The summed E-state index contributed by atoms with van der Waals surface area (Å²) in [6, 6.07) is 2.28. The van der Waals surface area contributed by atoms with Gasteiger partial charge in [-0.3, -0.25) is 4.90 Å². The van der Waals surface area contributed by atoms with Crippen LogP contribution in [0.2, 0.25) is 0 Å². The van der Waals surface area contributed by atoms with Gasteiger partial charge in [0.25, 0.3) is 0 Å². The summed E-state index contributed by atoms with van der Waals surface area (Å²) in [6.07, 6.45) is 1.000. The van der Waals surface area contributed by atoms with Gasteiger partial charge in [-0.15, -0.1) is 11.3 Å². The van der Waals surface area contributed by atoms with Gasteiger partial charge in [-0.05, 0) is 30.0 Å². The van der Waals surface area contributed by atoms with Crippen LogP contribution in [0, 0.1) is 0 Å². The van der Waals surface area contributed by atoms with Crippen molar-refractivity contribution in [1.29, 1.82) is 0 Å². The zero-order valence-electron chi connectivity index (χ0n) is 8.95. The Labute approximate surface area is 94.8 Å². The predicted molar refractivity (Wildman–Crippen MR) is 63.2 cm³/mol. The first-order valence-corrected chi connectivity index (χ1v) is 6.33. The summed E-state index contributed by atoms with van der Waals surface area (Å²) >= 11 is 1.85. The van der Waals surface area contributed by atoms with E-state index in [-0.39, 0.29) is 0 Å². The van der Waals surface area contributed by atoms with E-state index in [0.717, 1.165) is 45.8 Å². The Morgan fingerprint density at radius 3 is 2.93 bits per heavy atom. The Hall–Kier alpha value is -0.420. The lowest BCUT2D eigenvalue weighted by Crippen LogP contribution is -2.35. The summed E-state index contributed by atoms with van der Waals surface area (Å²) < 4.78 is 5.33. The van der Waals surface area contributed by atoms with Crippen molar-refractivity contribution in [3.05, 3.63) is 21.9 Å². The molecule has 2 N–H and O–H groups in total. The van der Waals surface area contributed by atoms with Crippen molar-refractivity contribution in [3.8, 4) is 0 Å². The SMILES string of the molecule is NCCc1csc(CN2CCOCC2)c1. The Balaban J connectivity index is 1.86. The highest BCUT2D eigenvalue weighted by atomic mass is 32.1. The van der Waals surface area contributed by atoms with Crippen molar-refractivity contribution in [3.63, 3.8) is 0 Å². The van der Waals surface area contributed by atoms with Crippen molar-refractivity contribution in [1.82, 2.24) is 4.90 Å². The van der Waals surface area contributed by atoms with Gasteiger partial charge in [-0.2, -0.15) is 0 Å². The first kappa shape index (κ1) is 11.1. The molecule has 0 unspecified atom stereocenters. The maximum Gasteiger partial charge on any atom is 0.0594 e. The van der Waals surface area contributed by atoms with Crippen molar-refractivity contribution >= 4 is 11.3 Å². The lowest BCUT2D eigenvalue weighted by molar-refractivity contribution is 0.0346. The topological polar surface area (TPSA) is 38.5 Å². The van der Waals surface area contributed by atoms with Crippen molar-refractivity contribution in [2.75, 3.05) is 32.8 Å². The van der Waals surface area contributed by atoms with Gasteiger partial charge in [0.2, 0.25) is 0 Å². The van der Waals surface area contributed by atoms with Crippen LogP contribution in [0.4, 0.5) is 0 Å². The van der Waals surface area contributed by atoms with E-state index in [1.807, 2.05) is 11.3 Å². The molecule has 0 saturated carbocycles. The number of ether oxygens (including phenoxy) is 1. The normalized spacial score (nSPS) is 18.2. The monoisotopic (exact) mass is 226 g/mol. The fourth-order valence-electron chi connectivity index (χ4n) is 1.79. The minimum Gasteiger partial charge on any atom is -0.379 e. The lowest BCUT2D eigenvalue weighted by Gasteiger charge is -2.25. The highest BCUT2D eigenvalue weighted by Gasteiger charge is 2.11. The third-order valence-corrected chi connectivity index (χ3v) is 3.59. The number of rotatable bonds is 4. The summed E-state index contributed by atoms with van der Waals surface area (Å²) in [5.41, 5.74) is 6.91. The highest BCUT2D eigenvalue weighted by Crippen LogP contribution is 2.17. The average Bonchev–Trinajstić information content (AvgIpc) is 2.68. The van der Waals surface area contributed by atoms with Gasteiger partial charge < -0.3 is 10.5 Å². The molecule has 0 aromatic carbocycles. The maximum atomic E-state index is 5.53. The van der Waals surface area contributed by atoms with Gasteiger partial charge in [0.15, 0.2) is 0 Å². The molecule has 0 aliphatic carbocycles. The average molecular weight is 226 g/mol. The molecule has 1 aromatic heterocycles. The molecule has 3 nitrogen and oxygen atoms in total. The molecule has 1 saturated heterocycles. The molecule has 2 heterocycles. The number of morpholine rings is 1. The van der Waals surface area contributed by atoms with Crippen LogP contribution in [0.5, 0.6) is 0 Å². The van der Waals surface area contributed by atoms with Crippen LogP contribution in [0.3, 0.4) is 0 Å². The first-order chi connectivity index (χ1) is 7.38. The Bertz CT molecular complexity index is 295. The van der Waals surface area contributed by atoms with E-state index in [1.165, 1.54) is 10.4 Å². The Morgan fingerprint density at radius 2 is 2.20 bits per heavy atom. The minimum absolute atomic E-state index is 0.744. The summed E-state index contributed by atoms with van der Waals surface area (Å²) in [5, 5.41) is 2.22. The van der Waals surface area contributed by atoms with Crippen LogP contribution in [-0.2, 0) is 17.7 Å². The van der Waals surface area contributed by atoms with E-state index in [4.69, 9.17) is 10.5 Å². The van der Waals surface area contributed by atoms with E-state index in [9.17, 15) is 0 Å². The minimum atomic E-state index is 0.744. The van der Waals surface area contributed by atoms with E-state index in [2.05, 4.69) is 16.3 Å². The van der Waals surface area contributed by atoms with Gasteiger partial charge >= 0.3 is 0 Å². The molecule has 15 heavy (non-hydrogen) atoms. The summed E-state index contributed by atoms with van der Waals surface area (Å²) in [6.45, 7) is 5.68. The van der Waals surface area contributed by atoms with Crippen LogP contribution in [0.25, 0.3) is 0 Å². The van der Waals surface area contributed by atoms with Crippen LogP contribution >= 0.6 is 11.3 Å². The zero-order chi connectivity index (χ0) is 10.5. The molecule has 84 valence electrons. The smallest absolute Gasteiger partial charge is 0.0594 e. The highest BCUT2D eigenvalue weighted by molar-refractivity contribution is 7.10. The Kier molecular flexibility index (Phi) is 4.14. The van der Waals surface area contributed by atoms with Gasteiger partial charge in [0.1, 0.15) is 0 Å². The molecule has 0 atom stereocenters. The summed E-state index contributed by atoms with van der Waals surface area (Å²) in [7, 11) is 0. The quantitative estimate of drug-likeness (QED) is 0.835. The molecule has 0 bridgehead atoms. The number of nitrogens with two attached hydrogens (primary N) is 1. The molecule has 1 fully saturated rings. The van der Waals surface area contributed by atoms with Gasteiger partial charge in [-0.1, -0.05) is 0 Å². The van der Waals surface area contributed by atoms with E-state index < -0.39 is 0 Å². The van der Waals surface area contributed by atoms with E-state index >= 15 is 0 Å². The molecule has 1 aromatic rings. The number of thiophene rings is 1. The summed E-state index contributed by atoms with van der Waals surface area (Å²) in [5.74, 6) is 0. The second-order valence-corrected chi connectivity index (χ2v) is 4.84. The molecule has 0 spiro atoms. The molecule has 0 radical (unpaired) electrons. The van der Waals surface area contributed by atoms with Crippen LogP contribution in [0.15, 0.2) is 11.4 Å². The van der Waals surface area contributed by atoms with Crippen LogP contribution < -0.4 is 5.73 Å². The molecule has 1 aliphatic heterocycles. The Morgan fingerprint density at radius 1 is 1.40 bits per heavy atom. The van der Waals surface area contributed by atoms with Crippen molar-refractivity contribution in [2.45, 2.75) is 13.0 Å². The van der Waals surface area contributed by atoms with Crippen molar-refractivity contribution in [2.24, 2.45) is 5.73 Å². The molecule has 2 rings (SSSR count). The largest absolute Gasteiger partial charge is 0.379 e. The standard InChI is InChI=1S/C11H18N2OS/c12-2-1-10-7-11(15-9-10)8-13-3-5-14-6-4-13/h7,9H,1-6,8,12H2. The third kappa shape index (κ3) is 3.28. The van der Waals surface area contributed by atoms with Gasteiger partial charge in [0.05, 0.1) is 13.2 Å². The molecule has 0 amide bonds. The number of hydrogen-bond acceptors (Lipinski definition) is 4. The fraction of sp³-hybridized carbons (Fsp3) is 0.636. The second-order valence-electron chi connectivity index (χ2n) is 3.85. The second kappa shape index (κ2) is 5.61. The van der Waals surface area contributed by atoms with E-state index in [0.29, 0.717) is 0 Å². The lowest BCUT2D eigenvalue weighted by atomic mass is 10.2. The number of nitrogens with zero attached hydrogens (tertiary/aromatic N) is 1.